The van der Waals surface area contributed by atoms with E-state index in [0.717, 1.165) is 18.4 Å². The van der Waals surface area contributed by atoms with Crippen LogP contribution in [0.4, 0.5) is 0 Å². The monoisotopic (exact) mass is 254 g/mol. The second kappa shape index (κ2) is 7.49. The van der Waals surface area contributed by atoms with Crippen LogP contribution in [-0.4, -0.2) is 37.6 Å². The SMILES string of the molecule is CCCNCC(C)CN1CCC(C(C)(C)C)CC1. The molecule has 0 radical (unpaired) electrons. The number of likely N-dealkylation sites (tertiary alicyclic amines) is 1. The van der Waals surface area contributed by atoms with Crippen LogP contribution in [0.3, 0.4) is 0 Å². The van der Waals surface area contributed by atoms with Crippen LogP contribution >= 0.6 is 0 Å². The molecule has 1 heterocycles. The smallest absolute Gasteiger partial charge is 0.00191 e. The average molecular weight is 254 g/mol. The fourth-order valence-electron chi connectivity index (χ4n) is 3.01. The van der Waals surface area contributed by atoms with Crippen LogP contribution in [0.25, 0.3) is 0 Å². The van der Waals surface area contributed by atoms with E-state index >= 15 is 0 Å². The Kier molecular flexibility index (Phi) is 6.65. The molecule has 2 heteroatoms. The van der Waals surface area contributed by atoms with Gasteiger partial charge in [-0.05, 0) is 62.7 Å². The molecule has 0 amide bonds. The van der Waals surface area contributed by atoms with Crippen molar-refractivity contribution in [1.29, 1.82) is 0 Å². The fourth-order valence-corrected chi connectivity index (χ4v) is 3.01. The van der Waals surface area contributed by atoms with Gasteiger partial charge in [-0.15, -0.1) is 0 Å². The van der Waals surface area contributed by atoms with Crippen LogP contribution in [0, 0.1) is 17.3 Å². The number of nitrogens with zero attached hydrogens (tertiary/aromatic N) is 1. The van der Waals surface area contributed by atoms with Gasteiger partial charge in [-0.2, -0.15) is 0 Å². The van der Waals surface area contributed by atoms with Gasteiger partial charge >= 0.3 is 0 Å². The molecule has 1 aliphatic heterocycles. The van der Waals surface area contributed by atoms with Gasteiger partial charge < -0.3 is 10.2 Å². The lowest BCUT2D eigenvalue weighted by molar-refractivity contribution is 0.103. The first kappa shape index (κ1) is 16.0. The highest BCUT2D eigenvalue weighted by molar-refractivity contribution is 4.81. The lowest BCUT2D eigenvalue weighted by Crippen LogP contribution is -2.41. The molecule has 0 saturated carbocycles. The van der Waals surface area contributed by atoms with E-state index in [-0.39, 0.29) is 0 Å². The summed E-state index contributed by atoms with van der Waals surface area (Å²) in [4.78, 5) is 2.67. The summed E-state index contributed by atoms with van der Waals surface area (Å²) in [6.45, 7) is 18.0. The Hall–Kier alpha value is -0.0800. The van der Waals surface area contributed by atoms with E-state index in [4.69, 9.17) is 0 Å². The Morgan fingerprint density at radius 1 is 1.22 bits per heavy atom. The minimum Gasteiger partial charge on any atom is -0.316 e. The Morgan fingerprint density at radius 3 is 2.33 bits per heavy atom. The number of hydrogen-bond donors (Lipinski definition) is 1. The number of piperidine rings is 1. The van der Waals surface area contributed by atoms with E-state index < -0.39 is 0 Å². The minimum atomic E-state index is 0.500. The second-order valence-corrected chi connectivity index (χ2v) is 7.25. The molecule has 0 bridgehead atoms. The van der Waals surface area contributed by atoms with Gasteiger partial charge in [0.15, 0.2) is 0 Å². The second-order valence-electron chi connectivity index (χ2n) is 7.25. The predicted octanol–water partition coefficient (Wildman–Crippen LogP) is 3.38. The molecular formula is C16H34N2. The van der Waals surface area contributed by atoms with Crippen molar-refractivity contribution < 1.29 is 0 Å². The summed E-state index contributed by atoms with van der Waals surface area (Å²) in [5.74, 6) is 1.70. The maximum atomic E-state index is 3.53. The van der Waals surface area contributed by atoms with E-state index in [2.05, 4.69) is 44.8 Å². The van der Waals surface area contributed by atoms with Crippen LogP contribution in [0.15, 0.2) is 0 Å². The van der Waals surface area contributed by atoms with E-state index in [1.165, 1.54) is 45.4 Å². The molecule has 1 aliphatic rings. The van der Waals surface area contributed by atoms with Crippen LogP contribution < -0.4 is 5.32 Å². The zero-order chi connectivity index (χ0) is 13.6. The quantitative estimate of drug-likeness (QED) is 0.731. The van der Waals surface area contributed by atoms with Gasteiger partial charge in [-0.3, -0.25) is 0 Å². The molecule has 1 rings (SSSR count). The van der Waals surface area contributed by atoms with Crippen LogP contribution in [-0.2, 0) is 0 Å². The number of hydrogen-bond acceptors (Lipinski definition) is 2. The fraction of sp³-hybridized carbons (Fsp3) is 1.00. The molecule has 18 heavy (non-hydrogen) atoms. The topological polar surface area (TPSA) is 15.3 Å². The highest BCUT2D eigenvalue weighted by atomic mass is 15.1. The summed E-state index contributed by atoms with van der Waals surface area (Å²) >= 11 is 0. The van der Waals surface area contributed by atoms with Crippen LogP contribution in [0.2, 0.25) is 0 Å². The van der Waals surface area contributed by atoms with Crippen molar-refractivity contribution in [3.8, 4) is 0 Å². The molecule has 2 nitrogen and oxygen atoms in total. The summed E-state index contributed by atoms with van der Waals surface area (Å²) in [6, 6.07) is 0. The van der Waals surface area contributed by atoms with Gasteiger partial charge in [-0.25, -0.2) is 0 Å². The molecule has 108 valence electrons. The first-order valence-electron chi connectivity index (χ1n) is 7.86. The number of rotatable bonds is 6. The number of nitrogens with one attached hydrogen (secondary N) is 1. The Morgan fingerprint density at radius 2 is 1.83 bits per heavy atom. The first-order valence-corrected chi connectivity index (χ1v) is 7.86. The lowest BCUT2D eigenvalue weighted by atomic mass is 9.75. The van der Waals surface area contributed by atoms with Gasteiger partial charge in [-0.1, -0.05) is 34.6 Å². The summed E-state index contributed by atoms with van der Waals surface area (Å²) in [6.07, 6.45) is 4.01. The van der Waals surface area contributed by atoms with E-state index in [9.17, 15) is 0 Å². The average Bonchev–Trinajstić information content (AvgIpc) is 2.29. The van der Waals surface area contributed by atoms with E-state index in [1.807, 2.05) is 0 Å². The zero-order valence-electron chi connectivity index (χ0n) is 13.3. The van der Waals surface area contributed by atoms with E-state index in [0.29, 0.717) is 5.41 Å². The maximum Gasteiger partial charge on any atom is 0.00191 e. The van der Waals surface area contributed by atoms with Crippen molar-refractivity contribution in [2.75, 3.05) is 32.7 Å². The van der Waals surface area contributed by atoms with Crippen molar-refractivity contribution in [1.82, 2.24) is 10.2 Å². The molecule has 0 aliphatic carbocycles. The van der Waals surface area contributed by atoms with E-state index in [1.54, 1.807) is 0 Å². The molecule has 1 saturated heterocycles. The van der Waals surface area contributed by atoms with Crippen molar-refractivity contribution >= 4 is 0 Å². The highest BCUT2D eigenvalue weighted by Crippen LogP contribution is 2.34. The van der Waals surface area contributed by atoms with Crippen molar-refractivity contribution in [3.63, 3.8) is 0 Å². The maximum absolute atomic E-state index is 3.53. The summed E-state index contributed by atoms with van der Waals surface area (Å²) in [5, 5.41) is 3.53. The molecule has 0 aromatic heterocycles. The minimum absolute atomic E-state index is 0.500. The van der Waals surface area contributed by atoms with Crippen molar-refractivity contribution in [2.24, 2.45) is 17.3 Å². The van der Waals surface area contributed by atoms with Gasteiger partial charge in [0.25, 0.3) is 0 Å². The van der Waals surface area contributed by atoms with Crippen LogP contribution in [0.1, 0.15) is 53.9 Å². The van der Waals surface area contributed by atoms with Gasteiger partial charge in [0.1, 0.15) is 0 Å². The molecule has 0 aromatic rings. The zero-order valence-corrected chi connectivity index (χ0v) is 13.3. The third-order valence-corrected chi connectivity index (χ3v) is 4.30. The van der Waals surface area contributed by atoms with Crippen LogP contribution in [0.5, 0.6) is 0 Å². The molecule has 0 spiro atoms. The normalized spacial score (nSPS) is 21.2. The first-order chi connectivity index (χ1) is 8.43. The van der Waals surface area contributed by atoms with Gasteiger partial charge in [0, 0.05) is 6.54 Å². The Balaban J connectivity index is 2.19. The highest BCUT2D eigenvalue weighted by Gasteiger charge is 2.28. The summed E-state index contributed by atoms with van der Waals surface area (Å²) in [5.41, 5.74) is 0.500. The van der Waals surface area contributed by atoms with Gasteiger partial charge in [0.05, 0.1) is 0 Å². The van der Waals surface area contributed by atoms with Crippen molar-refractivity contribution in [3.05, 3.63) is 0 Å². The predicted molar refractivity (Wildman–Crippen MR) is 80.9 cm³/mol. The molecule has 1 N–H and O–H groups in total. The third-order valence-electron chi connectivity index (χ3n) is 4.30. The Labute approximate surface area is 115 Å². The molecule has 1 fully saturated rings. The van der Waals surface area contributed by atoms with Gasteiger partial charge in [0.2, 0.25) is 0 Å². The summed E-state index contributed by atoms with van der Waals surface area (Å²) in [7, 11) is 0. The molecule has 0 aromatic carbocycles. The molecule has 1 unspecified atom stereocenters. The third kappa shape index (κ3) is 5.71. The van der Waals surface area contributed by atoms with Crippen molar-refractivity contribution in [2.45, 2.75) is 53.9 Å². The lowest BCUT2D eigenvalue weighted by Gasteiger charge is -2.39. The largest absolute Gasteiger partial charge is 0.316 e. The Bertz CT molecular complexity index is 212. The molecule has 1 atom stereocenters. The standard InChI is InChI=1S/C16H34N2/c1-6-9-17-12-14(2)13-18-10-7-15(8-11-18)16(3,4)5/h14-15,17H,6-13H2,1-5H3. The molecular weight excluding hydrogens is 220 g/mol. The summed E-state index contributed by atoms with van der Waals surface area (Å²) < 4.78 is 0.